The summed E-state index contributed by atoms with van der Waals surface area (Å²) in [5.41, 5.74) is 2.57. The Morgan fingerprint density at radius 3 is 2.91 bits per heavy atom. The Morgan fingerprint density at radius 2 is 2.09 bits per heavy atom. The minimum Gasteiger partial charge on any atom is -0.493 e. The molecule has 0 atom stereocenters. The van der Waals surface area contributed by atoms with Gasteiger partial charge in [0.05, 0.1) is 6.61 Å². The van der Waals surface area contributed by atoms with Crippen molar-refractivity contribution in [2.24, 2.45) is 0 Å². The lowest BCUT2D eigenvalue weighted by Gasteiger charge is -2.05. The molecule has 1 aliphatic heterocycles. The normalized spacial score (nSPS) is 13.1. The standard InChI is InChI=1S/C17H11FO3S/c18-11-2-3-12-14(8-11)22-16(17(19)20)15(12)10-1-4-13-9(7-10)5-6-21-13/h1-4,7-8H,5-6H2,(H,19,20). The molecule has 0 saturated heterocycles. The van der Waals surface area contributed by atoms with Gasteiger partial charge in [-0.1, -0.05) is 6.07 Å². The molecule has 2 aromatic carbocycles. The number of thiophene rings is 1. The predicted molar refractivity (Wildman–Crippen MR) is 83.4 cm³/mol. The van der Waals surface area contributed by atoms with Crippen LogP contribution in [0, 0.1) is 5.82 Å². The van der Waals surface area contributed by atoms with Crippen LogP contribution in [0.15, 0.2) is 36.4 Å². The first-order valence-corrected chi connectivity index (χ1v) is 7.66. The van der Waals surface area contributed by atoms with E-state index in [0.29, 0.717) is 16.9 Å². The summed E-state index contributed by atoms with van der Waals surface area (Å²) in [6.07, 6.45) is 0.822. The second kappa shape index (κ2) is 4.81. The van der Waals surface area contributed by atoms with Gasteiger partial charge in [-0.15, -0.1) is 11.3 Å². The van der Waals surface area contributed by atoms with Crippen LogP contribution in [0.25, 0.3) is 21.2 Å². The van der Waals surface area contributed by atoms with Gasteiger partial charge in [-0.3, -0.25) is 0 Å². The second-order valence-corrected chi connectivity index (χ2v) is 6.22. The van der Waals surface area contributed by atoms with Crippen molar-refractivity contribution in [2.75, 3.05) is 6.61 Å². The van der Waals surface area contributed by atoms with Gasteiger partial charge in [-0.2, -0.15) is 0 Å². The third kappa shape index (κ3) is 1.97. The number of rotatable bonds is 2. The molecule has 4 rings (SSSR count). The summed E-state index contributed by atoms with van der Waals surface area (Å²) in [6.45, 7) is 0.653. The maximum atomic E-state index is 13.4. The van der Waals surface area contributed by atoms with E-state index in [2.05, 4.69) is 0 Å². The van der Waals surface area contributed by atoms with Crippen LogP contribution < -0.4 is 4.74 Å². The van der Waals surface area contributed by atoms with Crippen molar-refractivity contribution in [1.82, 2.24) is 0 Å². The molecule has 22 heavy (non-hydrogen) atoms. The molecular weight excluding hydrogens is 303 g/mol. The highest BCUT2D eigenvalue weighted by atomic mass is 32.1. The molecule has 1 N–H and O–H groups in total. The maximum Gasteiger partial charge on any atom is 0.346 e. The van der Waals surface area contributed by atoms with E-state index < -0.39 is 5.97 Å². The first-order valence-electron chi connectivity index (χ1n) is 6.85. The summed E-state index contributed by atoms with van der Waals surface area (Å²) in [5, 5.41) is 10.2. The fraction of sp³-hybridized carbons (Fsp3) is 0.118. The summed E-state index contributed by atoms with van der Waals surface area (Å²) >= 11 is 1.10. The largest absolute Gasteiger partial charge is 0.493 e. The van der Waals surface area contributed by atoms with Gasteiger partial charge < -0.3 is 9.84 Å². The lowest BCUT2D eigenvalue weighted by atomic mass is 9.99. The van der Waals surface area contributed by atoms with E-state index in [1.165, 1.54) is 12.1 Å². The third-order valence-electron chi connectivity index (χ3n) is 3.82. The van der Waals surface area contributed by atoms with Gasteiger partial charge in [0.25, 0.3) is 0 Å². The molecule has 1 aliphatic rings. The van der Waals surface area contributed by atoms with Crippen molar-refractivity contribution in [1.29, 1.82) is 0 Å². The van der Waals surface area contributed by atoms with Crippen molar-refractivity contribution in [2.45, 2.75) is 6.42 Å². The van der Waals surface area contributed by atoms with Gasteiger partial charge in [0.15, 0.2) is 0 Å². The van der Waals surface area contributed by atoms with Crippen molar-refractivity contribution in [3.63, 3.8) is 0 Å². The maximum absolute atomic E-state index is 13.4. The quantitative estimate of drug-likeness (QED) is 0.765. The fourth-order valence-electron chi connectivity index (χ4n) is 2.85. The van der Waals surface area contributed by atoms with Crippen LogP contribution in [0.2, 0.25) is 0 Å². The number of ether oxygens (including phenoxy) is 1. The summed E-state index contributed by atoms with van der Waals surface area (Å²) < 4.78 is 19.5. The Bertz CT molecular complexity index is 914. The predicted octanol–water partition coefficient (Wildman–Crippen LogP) is 4.34. The highest BCUT2D eigenvalue weighted by Crippen LogP contribution is 2.41. The molecule has 2 heterocycles. The van der Waals surface area contributed by atoms with Gasteiger partial charge in [-0.05, 0) is 41.5 Å². The van der Waals surface area contributed by atoms with Crippen molar-refractivity contribution < 1.29 is 19.0 Å². The number of carboxylic acid groups (broad SMARTS) is 1. The van der Waals surface area contributed by atoms with Crippen LogP contribution >= 0.6 is 11.3 Å². The zero-order valence-electron chi connectivity index (χ0n) is 11.4. The minimum absolute atomic E-state index is 0.236. The van der Waals surface area contributed by atoms with Gasteiger partial charge in [0, 0.05) is 22.1 Å². The second-order valence-electron chi connectivity index (χ2n) is 5.17. The molecule has 0 amide bonds. The number of carbonyl (C=O) groups is 1. The summed E-state index contributed by atoms with van der Waals surface area (Å²) in [4.78, 5) is 11.8. The van der Waals surface area contributed by atoms with E-state index >= 15 is 0 Å². The molecule has 5 heteroatoms. The molecular formula is C17H11FO3S. The lowest BCUT2D eigenvalue weighted by Crippen LogP contribution is -1.95. The Labute approximate surface area is 129 Å². The number of carboxylic acids is 1. The number of hydrogen-bond acceptors (Lipinski definition) is 3. The smallest absolute Gasteiger partial charge is 0.346 e. The number of hydrogen-bond donors (Lipinski definition) is 1. The number of aromatic carboxylic acids is 1. The summed E-state index contributed by atoms with van der Waals surface area (Å²) in [7, 11) is 0. The van der Waals surface area contributed by atoms with Gasteiger partial charge in [0.1, 0.15) is 16.4 Å². The Balaban J connectivity index is 2.00. The Hall–Kier alpha value is -2.40. The first kappa shape index (κ1) is 13.3. The molecule has 0 spiro atoms. The van der Waals surface area contributed by atoms with Crippen LogP contribution in [-0.4, -0.2) is 17.7 Å². The Morgan fingerprint density at radius 1 is 1.23 bits per heavy atom. The molecule has 3 nitrogen and oxygen atoms in total. The van der Waals surface area contributed by atoms with E-state index in [9.17, 15) is 14.3 Å². The van der Waals surface area contributed by atoms with E-state index in [4.69, 9.17) is 4.74 Å². The highest BCUT2D eigenvalue weighted by molar-refractivity contribution is 7.21. The topological polar surface area (TPSA) is 46.5 Å². The van der Waals surface area contributed by atoms with Gasteiger partial charge >= 0.3 is 5.97 Å². The Kier molecular flexibility index (Phi) is 2.90. The van der Waals surface area contributed by atoms with Crippen LogP contribution in [0.5, 0.6) is 5.75 Å². The van der Waals surface area contributed by atoms with Crippen LogP contribution in [0.3, 0.4) is 0 Å². The van der Waals surface area contributed by atoms with Crippen molar-refractivity contribution in [3.05, 3.63) is 52.7 Å². The lowest BCUT2D eigenvalue weighted by molar-refractivity contribution is 0.0703. The van der Waals surface area contributed by atoms with Crippen molar-refractivity contribution in [3.8, 4) is 16.9 Å². The summed E-state index contributed by atoms with van der Waals surface area (Å²) in [5.74, 6) is -0.501. The molecule has 0 saturated carbocycles. The van der Waals surface area contributed by atoms with Gasteiger partial charge in [-0.25, -0.2) is 9.18 Å². The van der Waals surface area contributed by atoms with Crippen LogP contribution in [-0.2, 0) is 6.42 Å². The van der Waals surface area contributed by atoms with Crippen LogP contribution in [0.4, 0.5) is 4.39 Å². The molecule has 3 aromatic rings. The highest BCUT2D eigenvalue weighted by Gasteiger charge is 2.21. The zero-order chi connectivity index (χ0) is 15.3. The SMILES string of the molecule is O=C(O)c1sc2cc(F)ccc2c1-c1ccc2c(c1)CCO2. The fourth-order valence-corrected chi connectivity index (χ4v) is 3.94. The molecule has 0 radical (unpaired) electrons. The average molecular weight is 314 g/mol. The van der Waals surface area contributed by atoms with E-state index in [1.807, 2.05) is 18.2 Å². The molecule has 0 fully saturated rings. The number of halogens is 1. The monoisotopic (exact) mass is 314 g/mol. The van der Waals surface area contributed by atoms with Crippen LogP contribution in [0.1, 0.15) is 15.2 Å². The number of fused-ring (bicyclic) bond motifs is 2. The van der Waals surface area contributed by atoms with E-state index in [-0.39, 0.29) is 10.7 Å². The molecule has 0 bridgehead atoms. The van der Waals surface area contributed by atoms with Gasteiger partial charge in [0.2, 0.25) is 0 Å². The molecule has 110 valence electrons. The zero-order valence-corrected chi connectivity index (χ0v) is 12.2. The molecule has 0 aliphatic carbocycles. The minimum atomic E-state index is -0.992. The summed E-state index contributed by atoms with van der Waals surface area (Å²) in [6, 6.07) is 10.1. The molecule has 1 aromatic heterocycles. The first-order chi connectivity index (χ1) is 10.6. The number of benzene rings is 2. The van der Waals surface area contributed by atoms with Crippen molar-refractivity contribution >= 4 is 27.4 Å². The van der Waals surface area contributed by atoms with E-state index in [1.54, 1.807) is 6.07 Å². The molecule has 0 unspecified atom stereocenters. The average Bonchev–Trinajstić information content (AvgIpc) is 3.09. The van der Waals surface area contributed by atoms with E-state index in [0.717, 1.165) is 40.0 Å². The third-order valence-corrected chi connectivity index (χ3v) is 4.96.